The van der Waals surface area contributed by atoms with E-state index in [0.717, 1.165) is 6.07 Å². The smallest absolute Gasteiger partial charge is 0.328 e. The minimum Gasteiger partial charge on any atom is -0.328 e. The maximum absolute atomic E-state index is 13.5. The SMILES string of the molecule is CC(N)CCc1cccc(C(F)(F)F)c1F. The minimum absolute atomic E-state index is 0.0622. The van der Waals surface area contributed by atoms with Crippen molar-refractivity contribution in [2.75, 3.05) is 0 Å². The van der Waals surface area contributed by atoms with E-state index < -0.39 is 17.6 Å². The monoisotopic (exact) mass is 235 g/mol. The number of benzene rings is 1. The van der Waals surface area contributed by atoms with Crippen molar-refractivity contribution in [1.29, 1.82) is 0 Å². The highest BCUT2D eigenvalue weighted by Crippen LogP contribution is 2.32. The molecule has 1 atom stereocenters. The van der Waals surface area contributed by atoms with Crippen LogP contribution in [-0.4, -0.2) is 6.04 Å². The summed E-state index contributed by atoms with van der Waals surface area (Å²) in [6.07, 6.45) is -3.97. The number of hydrogen-bond donors (Lipinski definition) is 1. The Bertz CT molecular complexity index is 357. The number of aryl methyl sites for hydroxylation is 1. The molecule has 5 heteroatoms. The van der Waals surface area contributed by atoms with Crippen LogP contribution in [0.3, 0.4) is 0 Å². The molecule has 0 aliphatic rings. The maximum atomic E-state index is 13.5. The molecule has 90 valence electrons. The van der Waals surface area contributed by atoms with Crippen molar-refractivity contribution in [3.8, 4) is 0 Å². The van der Waals surface area contributed by atoms with Crippen LogP contribution >= 0.6 is 0 Å². The molecule has 0 amide bonds. The van der Waals surface area contributed by atoms with Crippen LogP contribution in [0.25, 0.3) is 0 Å². The third-order valence-electron chi connectivity index (χ3n) is 2.25. The molecular formula is C11H13F4N. The average molecular weight is 235 g/mol. The first-order chi connectivity index (χ1) is 7.32. The first-order valence-corrected chi connectivity index (χ1v) is 4.92. The molecule has 1 rings (SSSR count). The van der Waals surface area contributed by atoms with Crippen LogP contribution in [0.4, 0.5) is 17.6 Å². The van der Waals surface area contributed by atoms with E-state index in [9.17, 15) is 17.6 Å². The standard InChI is InChI=1S/C11H13F4N/c1-7(16)5-6-8-3-2-4-9(10(8)12)11(13,14)15/h2-4,7H,5-6,16H2,1H3. The summed E-state index contributed by atoms with van der Waals surface area (Å²) in [6, 6.07) is 3.15. The van der Waals surface area contributed by atoms with E-state index in [-0.39, 0.29) is 18.0 Å². The molecule has 0 saturated heterocycles. The normalized spacial score (nSPS) is 13.9. The molecule has 1 unspecified atom stereocenters. The fourth-order valence-electron chi connectivity index (χ4n) is 1.37. The van der Waals surface area contributed by atoms with Gasteiger partial charge in [0.1, 0.15) is 5.82 Å². The number of alkyl halides is 3. The molecule has 1 aromatic rings. The summed E-state index contributed by atoms with van der Waals surface area (Å²) >= 11 is 0. The minimum atomic E-state index is -4.64. The van der Waals surface area contributed by atoms with E-state index in [1.165, 1.54) is 12.1 Å². The highest BCUT2D eigenvalue weighted by Gasteiger charge is 2.34. The number of rotatable bonds is 3. The molecule has 2 N–H and O–H groups in total. The second-order valence-corrected chi connectivity index (χ2v) is 3.79. The van der Waals surface area contributed by atoms with Crippen LogP contribution in [0.15, 0.2) is 18.2 Å². The van der Waals surface area contributed by atoms with Crippen LogP contribution in [0.1, 0.15) is 24.5 Å². The van der Waals surface area contributed by atoms with Crippen LogP contribution in [0, 0.1) is 5.82 Å². The van der Waals surface area contributed by atoms with E-state index >= 15 is 0 Å². The van der Waals surface area contributed by atoms with E-state index in [4.69, 9.17) is 5.73 Å². The second kappa shape index (κ2) is 4.82. The van der Waals surface area contributed by atoms with Crippen LogP contribution in [0.2, 0.25) is 0 Å². The van der Waals surface area contributed by atoms with Gasteiger partial charge in [-0.25, -0.2) is 4.39 Å². The zero-order chi connectivity index (χ0) is 12.3. The van der Waals surface area contributed by atoms with Crippen molar-refractivity contribution >= 4 is 0 Å². The van der Waals surface area contributed by atoms with Gasteiger partial charge in [0, 0.05) is 6.04 Å². The van der Waals surface area contributed by atoms with Gasteiger partial charge >= 0.3 is 6.18 Å². The molecule has 0 spiro atoms. The lowest BCUT2D eigenvalue weighted by atomic mass is 10.0. The predicted molar refractivity (Wildman–Crippen MR) is 53.4 cm³/mol. The first kappa shape index (κ1) is 13.0. The van der Waals surface area contributed by atoms with Crippen LogP contribution in [0.5, 0.6) is 0 Å². The van der Waals surface area contributed by atoms with Crippen molar-refractivity contribution < 1.29 is 17.6 Å². The summed E-state index contributed by atoms with van der Waals surface area (Å²) in [5.74, 6) is -1.18. The summed E-state index contributed by atoms with van der Waals surface area (Å²) in [5, 5.41) is 0. The maximum Gasteiger partial charge on any atom is 0.419 e. The van der Waals surface area contributed by atoms with Crippen molar-refractivity contribution in [3.63, 3.8) is 0 Å². The Balaban J connectivity index is 2.96. The number of hydrogen-bond acceptors (Lipinski definition) is 1. The summed E-state index contributed by atoms with van der Waals surface area (Å²) < 4.78 is 50.5. The van der Waals surface area contributed by atoms with Crippen molar-refractivity contribution in [2.24, 2.45) is 5.73 Å². The lowest BCUT2D eigenvalue weighted by Gasteiger charge is -2.11. The van der Waals surface area contributed by atoms with Crippen molar-refractivity contribution in [1.82, 2.24) is 0 Å². The van der Waals surface area contributed by atoms with Crippen molar-refractivity contribution in [3.05, 3.63) is 35.1 Å². The van der Waals surface area contributed by atoms with Gasteiger partial charge in [0.2, 0.25) is 0 Å². The second-order valence-electron chi connectivity index (χ2n) is 3.79. The van der Waals surface area contributed by atoms with Gasteiger partial charge in [-0.3, -0.25) is 0 Å². The largest absolute Gasteiger partial charge is 0.419 e. The molecule has 0 aliphatic heterocycles. The molecule has 0 aromatic heterocycles. The molecule has 1 aromatic carbocycles. The number of halogens is 4. The molecule has 0 aliphatic carbocycles. The van der Waals surface area contributed by atoms with Gasteiger partial charge in [0.25, 0.3) is 0 Å². The average Bonchev–Trinajstić information content (AvgIpc) is 2.14. The fourth-order valence-corrected chi connectivity index (χ4v) is 1.37. The molecular weight excluding hydrogens is 222 g/mol. The van der Waals surface area contributed by atoms with Gasteiger partial charge in [-0.2, -0.15) is 13.2 Å². The Morgan fingerprint density at radius 2 is 1.94 bits per heavy atom. The summed E-state index contributed by atoms with van der Waals surface area (Å²) in [5.41, 5.74) is 4.32. The van der Waals surface area contributed by atoms with Gasteiger partial charge < -0.3 is 5.73 Å². The van der Waals surface area contributed by atoms with Gasteiger partial charge in [0.15, 0.2) is 0 Å². The molecule has 1 nitrogen and oxygen atoms in total. The molecule has 0 fully saturated rings. The summed E-state index contributed by atoms with van der Waals surface area (Å²) in [4.78, 5) is 0. The Kier molecular flexibility index (Phi) is 3.91. The fraction of sp³-hybridized carbons (Fsp3) is 0.455. The first-order valence-electron chi connectivity index (χ1n) is 4.92. The van der Waals surface area contributed by atoms with Gasteiger partial charge in [-0.15, -0.1) is 0 Å². The van der Waals surface area contributed by atoms with Crippen LogP contribution in [-0.2, 0) is 12.6 Å². The van der Waals surface area contributed by atoms with E-state index in [2.05, 4.69) is 0 Å². The lowest BCUT2D eigenvalue weighted by molar-refractivity contribution is -0.140. The highest BCUT2D eigenvalue weighted by molar-refractivity contribution is 5.28. The number of nitrogens with two attached hydrogens (primary N) is 1. The van der Waals surface area contributed by atoms with E-state index in [1.807, 2.05) is 0 Å². The van der Waals surface area contributed by atoms with Gasteiger partial charge in [-0.1, -0.05) is 12.1 Å². The van der Waals surface area contributed by atoms with Gasteiger partial charge in [0.05, 0.1) is 5.56 Å². The quantitative estimate of drug-likeness (QED) is 0.800. The Hall–Kier alpha value is -1.10. The lowest BCUT2D eigenvalue weighted by Crippen LogP contribution is -2.16. The topological polar surface area (TPSA) is 26.0 Å². The zero-order valence-electron chi connectivity index (χ0n) is 8.81. The third-order valence-corrected chi connectivity index (χ3v) is 2.25. The molecule has 0 saturated carbocycles. The zero-order valence-corrected chi connectivity index (χ0v) is 8.81. The van der Waals surface area contributed by atoms with E-state index in [0.29, 0.717) is 6.42 Å². The molecule has 16 heavy (non-hydrogen) atoms. The molecule has 0 radical (unpaired) electrons. The van der Waals surface area contributed by atoms with Gasteiger partial charge in [-0.05, 0) is 31.4 Å². The summed E-state index contributed by atoms with van der Waals surface area (Å²) in [7, 11) is 0. The summed E-state index contributed by atoms with van der Waals surface area (Å²) in [6.45, 7) is 1.73. The molecule has 0 bridgehead atoms. The highest BCUT2D eigenvalue weighted by atomic mass is 19.4. The van der Waals surface area contributed by atoms with E-state index in [1.54, 1.807) is 6.92 Å². The van der Waals surface area contributed by atoms with Crippen LogP contribution < -0.4 is 5.73 Å². The Morgan fingerprint density at radius 3 is 2.44 bits per heavy atom. The van der Waals surface area contributed by atoms with Crippen molar-refractivity contribution in [2.45, 2.75) is 32.0 Å². The third kappa shape index (κ3) is 3.20. The Morgan fingerprint density at radius 1 is 1.31 bits per heavy atom. The molecule has 0 heterocycles. The Labute approximate surface area is 91.3 Å². The predicted octanol–water partition coefficient (Wildman–Crippen LogP) is 3.12.